The Morgan fingerprint density at radius 1 is 1.52 bits per heavy atom. The molecule has 2 rings (SSSR count). The second kappa shape index (κ2) is 5.86. The maximum absolute atomic E-state index is 11.8. The SMILES string of the molecule is CC[C@H]1O[C@@H](n2cc(C)c(=O)[nH]c2=O)CC1OP(=O)(O)O. The van der Waals surface area contributed by atoms with Crippen LogP contribution in [0, 0.1) is 6.92 Å². The lowest BCUT2D eigenvalue weighted by atomic mass is 10.1. The number of aryl methyl sites for hydroxylation is 1. The highest BCUT2D eigenvalue weighted by atomic mass is 31.2. The molecule has 0 radical (unpaired) electrons. The van der Waals surface area contributed by atoms with E-state index in [1.54, 1.807) is 13.8 Å². The highest BCUT2D eigenvalue weighted by molar-refractivity contribution is 7.46. The Labute approximate surface area is 119 Å². The number of phosphoric acid groups is 1. The molecule has 2 heterocycles. The van der Waals surface area contributed by atoms with Gasteiger partial charge >= 0.3 is 13.5 Å². The Kier molecular flexibility index (Phi) is 4.50. The minimum atomic E-state index is -4.64. The van der Waals surface area contributed by atoms with Crippen LogP contribution in [-0.2, 0) is 13.8 Å². The number of nitrogens with zero attached hydrogens (tertiary/aromatic N) is 1. The van der Waals surface area contributed by atoms with Gasteiger partial charge in [-0.25, -0.2) is 9.36 Å². The first-order chi connectivity index (χ1) is 9.71. The number of rotatable bonds is 4. The molecule has 1 aliphatic rings. The summed E-state index contributed by atoms with van der Waals surface area (Å²) in [7, 11) is -4.64. The zero-order valence-corrected chi connectivity index (χ0v) is 12.4. The lowest BCUT2D eigenvalue weighted by molar-refractivity contribution is -0.0216. The first-order valence-corrected chi connectivity index (χ1v) is 7.95. The third-order valence-corrected chi connectivity index (χ3v) is 3.86. The van der Waals surface area contributed by atoms with Crippen LogP contribution in [-0.4, -0.2) is 31.5 Å². The van der Waals surface area contributed by atoms with E-state index in [-0.39, 0.29) is 6.42 Å². The molecule has 3 atom stereocenters. The molecule has 1 aromatic heterocycles. The Morgan fingerprint density at radius 2 is 2.19 bits per heavy atom. The van der Waals surface area contributed by atoms with E-state index in [2.05, 4.69) is 4.98 Å². The summed E-state index contributed by atoms with van der Waals surface area (Å²) in [6.45, 7) is 3.33. The van der Waals surface area contributed by atoms with Crippen molar-refractivity contribution in [2.75, 3.05) is 0 Å². The Hall–Kier alpha value is -1.25. The van der Waals surface area contributed by atoms with E-state index in [4.69, 9.17) is 19.0 Å². The van der Waals surface area contributed by atoms with Crippen molar-refractivity contribution in [3.63, 3.8) is 0 Å². The van der Waals surface area contributed by atoms with Crippen LogP contribution < -0.4 is 11.2 Å². The highest BCUT2D eigenvalue weighted by Crippen LogP contribution is 2.43. The fraction of sp³-hybridized carbons (Fsp3) is 0.636. The predicted molar refractivity (Wildman–Crippen MR) is 71.8 cm³/mol. The topological polar surface area (TPSA) is 131 Å². The van der Waals surface area contributed by atoms with E-state index in [1.165, 1.54) is 10.8 Å². The zero-order valence-electron chi connectivity index (χ0n) is 11.6. The minimum absolute atomic E-state index is 0.106. The number of H-pyrrole nitrogens is 1. The molecule has 10 heteroatoms. The Balaban J connectivity index is 2.27. The van der Waals surface area contributed by atoms with Crippen molar-refractivity contribution >= 4 is 7.82 Å². The second-order valence-electron chi connectivity index (χ2n) is 4.89. The van der Waals surface area contributed by atoms with Crippen molar-refractivity contribution in [1.29, 1.82) is 0 Å². The summed E-state index contributed by atoms with van der Waals surface area (Å²) in [5, 5.41) is 0. The molecular formula is C11H17N2O7P. The molecule has 1 aromatic rings. The number of ether oxygens (including phenoxy) is 1. The standard InChI is InChI=1S/C11H17N2O7P/c1-3-7-8(20-21(16,17)18)4-9(19-7)13-5-6(2)10(14)12-11(13)15/h5,7-9H,3-4H2,1-2H3,(H,12,14,15)(H2,16,17,18)/t7-,8?,9-/m1/s1. The number of hydrogen-bond donors (Lipinski definition) is 3. The summed E-state index contributed by atoms with van der Waals surface area (Å²) in [4.78, 5) is 43.1. The maximum atomic E-state index is 11.8. The third-order valence-electron chi connectivity index (χ3n) is 3.31. The van der Waals surface area contributed by atoms with Gasteiger partial charge in [-0.05, 0) is 13.3 Å². The smallest absolute Gasteiger partial charge is 0.352 e. The van der Waals surface area contributed by atoms with Crippen LogP contribution in [0.15, 0.2) is 15.8 Å². The van der Waals surface area contributed by atoms with Gasteiger partial charge < -0.3 is 14.5 Å². The lowest BCUT2D eigenvalue weighted by Crippen LogP contribution is -2.33. The molecule has 0 spiro atoms. The Bertz CT molecular complexity index is 676. The van der Waals surface area contributed by atoms with Gasteiger partial charge in [0.25, 0.3) is 5.56 Å². The zero-order chi connectivity index (χ0) is 15.8. The van der Waals surface area contributed by atoms with E-state index >= 15 is 0 Å². The molecule has 9 nitrogen and oxygen atoms in total. The van der Waals surface area contributed by atoms with Gasteiger partial charge in [-0.1, -0.05) is 6.92 Å². The van der Waals surface area contributed by atoms with Gasteiger partial charge in [-0.2, -0.15) is 0 Å². The predicted octanol–water partition coefficient (Wildman–Crippen LogP) is 0.0204. The van der Waals surface area contributed by atoms with Crippen molar-refractivity contribution < 1.29 is 23.6 Å². The van der Waals surface area contributed by atoms with Crippen LogP contribution in [0.5, 0.6) is 0 Å². The van der Waals surface area contributed by atoms with Gasteiger partial charge in [0.2, 0.25) is 0 Å². The van der Waals surface area contributed by atoms with E-state index in [0.29, 0.717) is 12.0 Å². The molecule has 118 valence electrons. The molecule has 21 heavy (non-hydrogen) atoms. The lowest BCUT2D eigenvalue weighted by Gasteiger charge is -2.17. The van der Waals surface area contributed by atoms with Crippen LogP contribution >= 0.6 is 7.82 Å². The van der Waals surface area contributed by atoms with E-state index < -0.39 is 37.5 Å². The van der Waals surface area contributed by atoms with Gasteiger partial charge in [0.1, 0.15) is 6.23 Å². The largest absolute Gasteiger partial charge is 0.469 e. The number of aromatic nitrogens is 2. The fourth-order valence-electron chi connectivity index (χ4n) is 2.32. The second-order valence-corrected chi connectivity index (χ2v) is 6.08. The van der Waals surface area contributed by atoms with Gasteiger partial charge in [0.05, 0.1) is 12.2 Å². The first kappa shape index (κ1) is 16.1. The molecule has 0 amide bonds. The summed E-state index contributed by atoms with van der Waals surface area (Å²) < 4.78 is 22.5. The van der Waals surface area contributed by atoms with Crippen molar-refractivity contribution in [1.82, 2.24) is 9.55 Å². The molecule has 1 saturated heterocycles. The summed E-state index contributed by atoms with van der Waals surface area (Å²) in [5.41, 5.74) is -0.780. The van der Waals surface area contributed by atoms with Crippen molar-refractivity contribution in [2.45, 2.75) is 45.1 Å². The van der Waals surface area contributed by atoms with E-state index in [1.807, 2.05) is 0 Å². The van der Waals surface area contributed by atoms with Crippen LogP contribution in [0.2, 0.25) is 0 Å². The van der Waals surface area contributed by atoms with Crippen LogP contribution in [0.25, 0.3) is 0 Å². The molecule has 0 saturated carbocycles. The molecular weight excluding hydrogens is 303 g/mol. The molecule has 0 aromatic carbocycles. The molecule has 1 unspecified atom stereocenters. The van der Waals surface area contributed by atoms with Gasteiger partial charge in [-0.15, -0.1) is 0 Å². The minimum Gasteiger partial charge on any atom is -0.352 e. The molecule has 3 N–H and O–H groups in total. The number of hydrogen-bond acceptors (Lipinski definition) is 5. The Morgan fingerprint density at radius 3 is 2.76 bits per heavy atom. The van der Waals surface area contributed by atoms with Crippen LogP contribution in [0.1, 0.15) is 31.6 Å². The summed E-state index contributed by atoms with van der Waals surface area (Å²) in [5.74, 6) is 0. The summed E-state index contributed by atoms with van der Waals surface area (Å²) >= 11 is 0. The summed E-state index contributed by atoms with van der Waals surface area (Å²) in [6.07, 6.45) is -0.164. The van der Waals surface area contributed by atoms with Crippen molar-refractivity contribution in [3.05, 3.63) is 32.6 Å². The fourth-order valence-corrected chi connectivity index (χ4v) is 2.90. The number of nitrogens with one attached hydrogen (secondary N) is 1. The quantitative estimate of drug-likeness (QED) is 0.666. The van der Waals surface area contributed by atoms with E-state index in [0.717, 1.165) is 0 Å². The molecule has 0 bridgehead atoms. The molecule has 1 aliphatic heterocycles. The van der Waals surface area contributed by atoms with Gasteiger partial charge in [0.15, 0.2) is 0 Å². The summed E-state index contributed by atoms with van der Waals surface area (Å²) in [6, 6.07) is 0. The van der Waals surface area contributed by atoms with Crippen LogP contribution in [0.3, 0.4) is 0 Å². The number of aromatic amines is 1. The van der Waals surface area contributed by atoms with Crippen molar-refractivity contribution in [3.8, 4) is 0 Å². The average molecular weight is 320 g/mol. The van der Waals surface area contributed by atoms with Gasteiger partial charge in [0, 0.05) is 18.2 Å². The average Bonchev–Trinajstić information content (AvgIpc) is 2.74. The number of phosphoric ester groups is 1. The maximum Gasteiger partial charge on any atom is 0.469 e. The molecule has 0 aliphatic carbocycles. The third kappa shape index (κ3) is 3.69. The first-order valence-electron chi connectivity index (χ1n) is 6.42. The highest BCUT2D eigenvalue weighted by Gasteiger charge is 2.39. The van der Waals surface area contributed by atoms with Crippen molar-refractivity contribution in [2.24, 2.45) is 0 Å². The van der Waals surface area contributed by atoms with Crippen LogP contribution in [0.4, 0.5) is 0 Å². The van der Waals surface area contributed by atoms with Gasteiger partial charge in [-0.3, -0.25) is 18.9 Å². The monoisotopic (exact) mass is 320 g/mol. The normalized spacial score (nSPS) is 26.2. The van der Waals surface area contributed by atoms with E-state index in [9.17, 15) is 14.2 Å². The molecule has 1 fully saturated rings.